The highest BCUT2D eigenvalue weighted by Gasteiger charge is 2.31. The molecule has 110 valence electrons. The molecule has 0 aliphatic carbocycles. The van der Waals surface area contributed by atoms with Crippen LogP contribution in [0.3, 0.4) is 0 Å². The fraction of sp³-hybridized carbons (Fsp3) is 0.846. The number of rotatable bonds is 7. The van der Waals surface area contributed by atoms with Crippen LogP contribution in [0.25, 0.3) is 0 Å². The molecule has 0 aromatic rings. The van der Waals surface area contributed by atoms with Crippen LogP contribution in [0.15, 0.2) is 0 Å². The monoisotopic (exact) mass is 273 g/mol. The number of carboxylic acid groups (broad SMARTS) is 1. The zero-order chi connectivity index (χ0) is 14.3. The first-order valence-corrected chi connectivity index (χ1v) is 6.67. The fourth-order valence-electron chi connectivity index (χ4n) is 2.11. The summed E-state index contributed by atoms with van der Waals surface area (Å²) in [6.07, 6.45) is 2.45. The first-order valence-electron chi connectivity index (χ1n) is 6.67. The van der Waals surface area contributed by atoms with Gasteiger partial charge in [-0.15, -0.1) is 0 Å². The van der Waals surface area contributed by atoms with Crippen LogP contribution in [-0.4, -0.2) is 49.5 Å². The van der Waals surface area contributed by atoms with Crippen molar-refractivity contribution in [2.45, 2.75) is 44.8 Å². The number of nitrogens with one attached hydrogen (secondary N) is 1. The number of methoxy groups -OCH3 is 1. The lowest BCUT2D eigenvalue weighted by Gasteiger charge is -2.28. The standard InChI is InChI=1S/C13H23NO5/c1-9(18-2)5-6-11(15)14-12(13(16)17)10-4-3-7-19-8-10/h9-10,12H,3-8H2,1-2H3,(H,14,15)(H,16,17). The van der Waals surface area contributed by atoms with Gasteiger partial charge in [-0.2, -0.15) is 0 Å². The number of carbonyl (C=O) groups excluding carboxylic acids is 1. The van der Waals surface area contributed by atoms with Crippen LogP contribution in [0.1, 0.15) is 32.6 Å². The Morgan fingerprint density at radius 2 is 2.26 bits per heavy atom. The predicted octanol–water partition coefficient (Wildman–Crippen LogP) is 0.797. The van der Waals surface area contributed by atoms with E-state index in [1.807, 2.05) is 6.92 Å². The Morgan fingerprint density at radius 3 is 2.79 bits per heavy atom. The third-order valence-electron chi connectivity index (χ3n) is 3.43. The highest BCUT2D eigenvalue weighted by atomic mass is 16.5. The first-order chi connectivity index (χ1) is 9.04. The summed E-state index contributed by atoms with van der Waals surface area (Å²) in [6, 6.07) is -0.856. The molecule has 1 aliphatic rings. The molecule has 19 heavy (non-hydrogen) atoms. The van der Waals surface area contributed by atoms with Crippen LogP contribution in [0.2, 0.25) is 0 Å². The average molecular weight is 273 g/mol. The lowest BCUT2D eigenvalue weighted by molar-refractivity contribution is -0.145. The molecule has 0 bridgehead atoms. The van der Waals surface area contributed by atoms with E-state index in [2.05, 4.69) is 5.32 Å². The van der Waals surface area contributed by atoms with E-state index >= 15 is 0 Å². The molecular formula is C13H23NO5. The molecule has 0 saturated carbocycles. The smallest absolute Gasteiger partial charge is 0.326 e. The fourth-order valence-corrected chi connectivity index (χ4v) is 2.11. The SMILES string of the molecule is COC(C)CCC(=O)NC(C(=O)O)C1CCCOC1. The van der Waals surface area contributed by atoms with Gasteiger partial charge in [0.05, 0.1) is 12.7 Å². The summed E-state index contributed by atoms with van der Waals surface area (Å²) in [5.41, 5.74) is 0. The van der Waals surface area contributed by atoms with E-state index in [1.54, 1.807) is 7.11 Å². The molecule has 0 aromatic carbocycles. The summed E-state index contributed by atoms with van der Waals surface area (Å²) in [6.45, 7) is 2.94. The summed E-state index contributed by atoms with van der Waals surface area (Å²) in [5, 5.41) is 11.8. The third kappa shape index (κ3) is 5.57. The number of aliphatic carboxylic acids is 1. The maximum Gasteiger partial charge on any atom is 0.326 e. The molecule has 1 saturated heterocycles. The van der Waals surface area contributed by atoms with Crippen LogP contribution in [-0.2, 0) is 19.1 Å². The van der Waals surface area contributed by atoms with Gasteiger partial charge >= 0.3 is 5.97 Å². The van der Waals surface area contributed by atoms with E-state index in [4.69, 9.17) is 9.47 Å². The minimum atomic E-state index is -0.997. The van der Waals surface area contributed by atoms with Gasteiger partial charge in [-0.3, -0.25) is 4.79 Å². The molecule has 0 aromatic heterocycles. The number of carbonyl (C=O) groups is 2. The first kappa shape index (κ1) is 15.9. The molecule has 6 heteroatoms. The van der Waals surface area contributed by atoms with E-state index < -0.39 is 12.0 Å². The number of hydrogen-bond donors (Lipinski definition) is 2. The molecule has 1 aliphatic heterocycles. The van der Waals surface area contributed by atoms with Gasteiger partial charge in [-0.05, 0) is 26.2 Å². The van der Waals surface area contributed by atoms with E-state index in [0.717, 1.165) is 12.8 Å². The molecule has 1 fully saturated rings. The summed E-state index contributed by atoms with van der Waals surface area (Å²) in [4.78, 5) is 23.0. The van der Waals surface area contributed by atoms with Crippen LogP contribution in [0.5, 0.6) is 0 Å². The van der Waals surface area contributed by atoms with Crippen molar-refractivity contribution in [2.24, 2.45) is 5.92 Å². The van der Waals surface area contributed by atoms with Crippen molar-refractivity contribution in [2.75, 3.05) is 20.3 Å². The Kier molecular flexibility index (Phi) is 6.80. The zero-order valence-corrected chi connectivity index (χ0v) is 11.6. The molecule has 1 heterocycles. The lowest BCUT2D eigenvalue weighted by Crippen LogP contribution is -2.48. The minimum Gasteiger partial charge on any atom is -0.480 e. The minimum absolute atomic E-state index is 0.00737. The Morgan fingerprint density at radius 1 is 1.53 bits per heavy atom. The number of ether oxygens (including phenoxy) is 2. The van der Waals surface area contributed by atoms with Crippen LogP contribution in [0.4, 0.5) is 0 Å². The molecular weight excluding hydrogens is 250 g/mol. The van der Waals surface area contributed by atoms with Crippen LogP contribution < -0.4 is 5.32 Å². The maximum atomic E-state index is 11.8. The third-order valence-corrected chi connectivity index (χ3v) is 3.43. The lowest BCUT2D eigenvalue weighted by atomic mass is 9.93. The number of amides is 1. The van der Waals surface area contributed by atoms with Crippen molar-refractivity contribution < 1.29 is 24.2 Å². The molecule has 6 nitrogen and oxygen atoms in total. The summed E-state index contributed by atoms with van der Waals surface area (Å²) in [5.74, 6) is -1.39. The normalized spacial score (nSPS) is 22.5. The predicted molar refractivity (Wildman–Crippen MR) is 68.8 cm³/mol. The number of hydrogen-bond acceptors (Lipinski definition) is 4. The Labute approximate surface area is 113 Å². The molecule has 0 spiro atoms. The van der Waals surface area contributed by atoms with Gasteiger partial charge < -0.3 is 19.9 Å². The molecule has 3 atom stereocenters. The van der Waals surface area contributed by atoms with Crippen molar-refractivity contribution in [1.29, 1.82) is 0 Å². The largest absolute Gasteiger partial charge is 0.480 e. The van der Waals surface area contributed by atoms with Gasteiger partial charge in [0, 0.05) is 26.1 Å². The maximum absolute atomic E-state index is 11.8. The molecule has 1 amide bonds. The quantitative estimate of drug-likeness (QED) is 0.716. The van der Waals surface area contributed by atoms with Crippen LogP contribution in [0, 0.1) is 5.92 Å². The van der Waals surface area contributed by atoms with Crippen molar-refractivity contribution >= 4 is 11.9 Å². The zero-order valence-electron chi connectivity index (χ0n) is 11.6. The van der Waals surface area contributed by atoms with Gasteiger partial charge in [-0.25, -0.2) is 4.79 Å². The summed E-state index contributed by atoms with van der Waals surface area (Å²) in [7, 11) is 1.59. The molecule has 1 rings (SSSR count). The average Bonchev–Trinajstić information content (AvgIpc) is 2.42. The Bertz CT molecular complexity index is 301. The van der Waals surface area contributed by atoms with Gasteiger partial charge in [0.25, 0.3) is 0 Å². The molecule has 3 unspecified atom stereocenters. The second kappa shape index (κ2) is 8.12. The van der Waals surface area contributed by atoms with E-state index in [-0.39, 0.29) is 24.3 Å². The van der Waals surface area contributed by atoms with Crippen LogP contribution >= 0.6 is 0 Å². The molecule has 0 radical (unpaired) electrons. The topological polar surface area (TPSA) is 84.9 Å². The van der Waals surface area contributed by atoms with Gasteiger partial charge in [-0.1, -0.05) is 0 Å². The number of carboxylic acids is 1. The van der Waals surface area contributed by atoms with Crippen molar-refractivity contribution in [1.82, 2.24) is 5.32 Å². The summed E-state index contributed by atoms with van der Waals surface area (Å²) >= 11 is 0. The highest BCUT2D eigenvalue weighted by Crippen LogP contribution is 2.18. The summed E-state index contributed by atoms with van der Waals surface area (Å²) < 4.78 is 10.3. The van der Waals surface area contributed by atoms with Crippen molar-refractivity contribution in [3.8, 4) is 0 Å². The van der Waals surface area contributed by atoms with E-state index in [1.165, 1.54) is 0 Å². The molecule has 2 N–H and O–H groups in total. The van der Waals surface area contributed by atoms with E-state index in [9.17, 15) is 14.7 Å². The van der Waals surface area contributed by atoms with Gasteiger partial charge in [0.15, 0.2) is 0 Å². The Hall–Kier alpha value is -1.14. The van der Waals surface area contributed by atoms with Gasteiger partial charge in [0.1, 0.15) is 6.04 Å². The van der Waals surface area contributed by atoms with E-state index in [0.29, 0.717) is 19.6 Å². The highest BCUT2D eigenvalue weighted by molar-refractivity contribution is 5.83. The second-order valence-corrected chi connectivity index (χ2v) is 4.95. The second-order valence-electron chi connectivity index (χ2n) is 4.95. The van der Waals surface area contributed by atoms with Crippen molar-refractivity contribution in [3.63, 3.8) is 0 Å². The Balaban J connectivity index is 2.44. The van der Waals surface area contributed by atoms with Crippen molar-refractivity contribution in [3.05, 3.63) is 0 Å². The van der Waals surface area contributed by atoms with Gasteiger partial charge in [0.2, 0.25) is 5.91 Å².